The topological polar surface area (TPSA) is 55.1 Å². The molecule has 0 aromatic rings. The smallest absolute Gasteiger partial charge is 0.239 e. The van der Waals surface area contributed by atoms with E-state index in [0.717, 1.165) is 13.0 Å². The van der Waals surface area contributed by atoms with Crippen LogP contribution in [0.25, 0.3) is 0 Å². The zero-order chi connectivity index (χ0) is 10.5. The molecule has 0 aliphatic heterocycles. The second kappa shape index (κ2) is 5.22. The Labute approximate surface area is 81.1 Å². The highest BCUT2D eigenvalue weighted by Crippen LogP contribution is 2.04. The second-order valence-electron chi connectivity index (χ2n) is 4.21. The summed E-state index contributed by atoms with van der Waals surface area (Å²) in [5.74, 6) is 0.571. The molecule has 0 heterocycles. The number of hydrogen-bond acceptors (Lipinski definition) is 2. The van der Waals surface area contributed by atoms with E-state index in [1.165, 1.54) is 0 Å². The lowest BCUT2D eigenvalue weighted by Crippen LogP contribution is -2.51. The standard InChI is InChI=1S/C10H22N2O/c1-5-10(4,11)9(13)12-7-6-8(2)3/h8H,5-7,11H2,1-4H3,(H,12,13). The quantitative estimate of drug-likeness (QED) is 0.679. The first-order chi connectivity index (χ1) is 5.90. The van der Waals surface area contributed by atoms with Gasteiger partial charge >= 0.3 is 0 Å². The highest BCUT2D eigenvalue weighted by molar-refractivity contribution is 5.85. The molecular formula is C10H22N2O. The summed E-state index contributed by atoms with van der Waals surface area (Å²) in [5, 5.41) is 2.84. The maximum Gasteiger partial charge on any atom is 0.239 e. The first kappa shape index (κ1) is 12.4. The highest BCUT2D eigenvalue weighted by atomic mass is 16.2. The van der Waals surface area contributed by atoms with Crippen LogP contribution in [-0.4, -0.2) is 18.0 Å². The van der Waals surface area contributed by atoms with Crippen LogP contribution in [0, 0.1) is 5.92 Å². The zero-order valence-electron chi connectivity index (χ0n) is 9.18. The number of rotatable bonds is 5. The van der Waals surface area contributed by atoms with Gasteiger partial charge in [0.1, 0.15) is 0 Å². The Morgan fingerprint density at radius 3 is 2.46 bits per heavy atom. The fourth-order valence-corrected chi connectivity index (χ4v) is 0.837. The Balaban J connectivity index is 3.75. The summed E-state index contributed by atoms with van der Waals surface area (Å²) in [4.78, 5) is 11.4. The maximum absolute atomic E-state index is 11.4. The summed E-state index contributed by atoms with van der Waals surface area (Å²) in [5.41, 5.74) is 5.05. The lowest BCUT2D eigenvalue weighted by molar-refractivity contribution is -0.125. The monoisotopic (exact) mass is 186 g/mol. The molecular weight excluding hydrogens is 164 g/mol. The van der Waals surface area contributed by atoms with Crippen molar-refractivity contribution >= 4 is 5.91 Å². The maximum atomic E-state index is 11.4. The lowest BCUT2D eigenvalue weighted by atomic mass is 9.99. The molecule has 78 valence electrons. The number of nitrogens with one attached hydrogen (secondary N) is 1. The minimum atomic E-state index is -0.711. The average molecular weight is 186 g/mol. The Hall–Kier alpha value is -0.570. The number of nitrogens with two attached hydrogens (primary N) is 1. The highest BCUT2D eigenvalue weighted by Gasteiger charge is 2.25. The van der Waals surface area contributed by atoms with Gasteiger partial charge in [-0.05, 0) is 25.7 Å². The van der Waals surface area contributed by atoms with Crippen LogP contribution >= 0.6 is 0 Å². The molecule has 1 amide bonds. The number of carbonyl (C=O) groups is 1. The summed E-state index contributed by atoms with van der Waals surface area (Å²) in [6.45, 7) is 8.67. The van der Waals surface area contributed by atoms with E-state index in [4.69, 9.17) is 5.73 Å². The van der Waals surface area contributed by atoms with Gasteiger partial charge in [-0.2, -0.15) is 0 Å². The van der Waals surface area contributed by atoms with Crippen molar-refractivity contribution in [3.63, 3.8) is 0 Å². The Kier molecular flexibility index (Phi) is 4.99. The molecule has 0 rings (SSSR count). The van der Waals surface area contributed by atoms with Gasteiger partial charge in [0.2, 0.25) is 5.91 Å². The fraction of sp³-hybridized carbons (Fsp3) is 0.900. The molecule has 0 aromatic heterocycles. The van der Waals surface area contributed by atoms with E-state index in [9.17, 15) is 4.79 Å². The SMILES string of the molecule is CCC(C)(N)C(=O)NCCC(C)C. The van der Waals surface area contributed by atoms with Gasteiger partial charge in [-0.3, -0.25) is 4.79 Å². The van der Waals surface area contributed by atoms with Crippen LogP contribution in [0.3, 0.4) is 0 Å². The van der Waals surface area contributed by atoms with E-state index >= 15 is 0 Å². The van der Waals surface area contributed by atoms with Crippen molar-refractivity contribution in [2.24, 2.45) is 11.7 Å². The zero-order valence-corrected chi connectivity index (χ0v) is 9.18. The molecule has 3 heteroatoms. The van der Waals surface area contributed by atoms with Crippen LogP contribution in [0.1, 0.15) is 40.5 Å². The van der Waals surface area contributed by atoms with Gasteiger partial charge in [0, 0.05) is 6.54 Å². The molecule has 0 spiro atoms. The molecule has 0 aliphatic rings. The molecule has 0 aliphatic carbocycles. The van der Waals surface area contributed by atoms with Gasteiger partial charge in [-0.15, -0.1) is 0 Å². The number of carbonyl (C=O) groups excluding carboxylic acids is 1. The van der Waals surface area contributed by atoms with Crippen LogP contribution in [-0.2, 0) is 4.79 Å². The largest absolute Gasteiger partial charge is 0.355 e. The summed E-state index contributed by atoms with van der Waals surface area (Å²) < 4.78 is 0. The van der Waals surface area contributed by atoms with Crippen LogP contribution in [0.5, 0.6) is 0 Å². The number of amides is 1. The van der Waals surface area contributed by atoms with Gasteiger partial charge in [-0.1, -0.05) is 20.8 Å². The van der Waals surface area contributed by atoms with E-state index in [2.05, 4.69) is 19.2 Å². The molecule has 1 atom stereocenters. The molecule has 0 saturated carbocycles. The molecule has 1 unspecified atom stereocenters. The predicted molar refractivity (Wildman–Crippen MR) is 55.3 cm³/mol. The van der Waals surface area contributed by atoms with Gasteiger partial charge in [0.25, 0.3) is 0 Å². The van der Waals surface area contributed by atoms with Crippen LogP contribution in [0.4, 0.5) is 0 Å². The summed E-state index contributed by atoms with van der Waals surface area (Å²) >= 11 is 0. The molecule has 3 nitrogen and oxygen atoms in total. The van der Waals surface area contributed by atoms with Crippen molar-refractivity contribution in [2.75, 3.05) is 6.54 Å². The van der Waals surface area contributed by atoms with E-state index in [0.29, 0.717) is 12.3 Å². The van der Waals surface area contributed by atoms with E-state index in [1.807, 2.05) is 6.92 Å². The molecule has 0 aromatic carbocycles. The van der Waals surface area contributed by atoms with Crippen molar-refractivity contribution < 1.29 is 4.79 Å². The third-order valence-electron chi connectivity index (χ3n) is 2.26. The molecule has 0 fully saturated rings. The first-order valence-corrected chi connectivity index (χ1v) is 4.97. The lowest BCUT2D eigenvalue weighted by Gasteiger charge is -2.21. The van der Waals surface area contributed by atoms with Crippen molar-refractivity contribution in [2.45, 2.75) is 46.1 Å². The average Bonchev–Trinajstić information content (AvgIpc) is 2.03. The van der Waals surface area contributed by atoms with Gasteiger partial charge < -0.3 is 11.1 Å². The second-order valence-corrected chi connectivity index (χ2v) is 4.21. The van der Waals surface area contributed by atoms with Crippen LogP contribution in [0.2, 0.25) is 0 Å². The minimum Gasteiger partial charge on any atom is -0.355 e. The molecule has 0 saturated heterocycles. The summed E-state index contributed by atoms with van der Waals surface area (Å²) in [6, 6.07) is 0. The molecule has 13 heavy (non-hydrogen) atoms. The van der Waals surface area contributed by atoms with E-state index in [1.54, 1.807) is 6.92 Å². The van der Waals surface area contributed by atoms with Gasteiger partial charge in [0.05, 0.1) is 5.54 Å². The fourth-order valence-electron chi connectivity index (χ4n) is 0.837. The Morgan fingerprint density at radius 2 is 2.08 bits per heavy atom. The molecule has 3 N–H and O–H groups in total. The predicted octanol–water partition coefficient (Wildman–Crippen LogP) is 1.28. The molecule has 0 radical (unpaired) electrons. The first-order valence-electron chi connectivity index (χ1n) is 4.97. The van der Waals surface area contributed by atoms with Crippen LogP contribution in [0.15, 0.2) is 0 Å². The van der Waals surface area contributed by atoms with Crippen molar-refractivity contribution in [3.05, 3.63) is 0 Å². The third-order valence-corrected chi connectivity index (χ3v) is 2.26. The minimum absolute atomic E-state index is 0.0457. The summed E-state index contributed by atoms with van der Waals surface area (Å²) in [7, 11) is 0. The summed E-state index contributed by atoms with van der Waals surface area (Å²) in [6.07, 6.45) is 1.67. The third kappa shape index (κ3) is 4.88. The number of hydrogen-bond donors (Lipinski definition) is 2. The van der Waals surface area contributed by atoms with Gasteiger partial charge in [-0.25, -0.2) is 0 Å². The van der Waals surface area contributed by atoms with Crippen LogP contribution < -0.4 is 11.1 Å². The van der Waals surface area contributed by atoms with E-state index in [-0.39, 0.29) is 5.91 Å². The van der Waals surface area contributed by atoms with Gasteiger partial charge in [0.15, 0.2) is 0 Å². The van der Waals surface area contributed by atoms with E-state index < -0.39 is 5.54 Å². The Morgan fingerprint density at radius 1 is 1.54 bits per heavy atom. The molecule has 0 bridgehead atoms. The van der Waals surface area contributed by atoms with Crippen molar-refractivity contribution in [1.29, 1.82) is 0 Å². The normalized spacial score (nSPS) is 15.5. The van der Waals surface area contributed by atoms with Crippen molar-refractivity contribution in [3.8, 4) is 0 Å². The van der Waals surface area contributed by atoms with Crippen molar-refractivity contribution in [1.82, 2.24) is 5.32 Å². The Bertz CT molecular complexity index is 164.